The highest BCUT2D eigenvalue weighted by atomic mass is 16.6. The number of Topliss-reactive ketones (excluding diaryl/α,β-unsaturated/α-hetero) is 1. The van der Waals surface area contributed by atoms with Crippen molar-refractivity contribution in [1.82, 2.24) is 15.6 Å². The number of phenolic OH excluding ortho intramolecular Hbond substituents is 1. The fraction of sp³-hybridized carbons (Fsp3) is 0.420. The number of phenols is 1. The predicted molar refractivity (Wildman–Crippen MR) is 238 cm³/mol. The van der Waals surface area contributed by atoms with E-state index in [0.717, 1.165) is 105 Å². The first-order chi connectivity index (χ1) is 29.7. The summed E-state index contributed by atoms with van der Waals surface area (Å²) in [5.74, 6) is 1.24. The van der Waals surface area contributed by atoms with Gasteiger partial charge in [0, 0.05) is 42.3 Å². The number of aromatic hydroxyl groups is 1. The molecule has 0 aliphatic carbocycles. The number of aryl methyl sites for hydroxylation is 1. The highest BCUT2D eigenvalue weighted by Crippen LogP contribution is 2.36. The molecule has 2 bridgehead atoms. The fourth-order valence-corrected chi connectivity index (χ4v) is 9.16. The molecule has 3 aliphatic rings. The number of ketones is 1. The lowest BCUT2D eigenvalue weighted by Gasteiger charge is -2.51. The molecule has 0 saturated carbocycles. The summed E-state index contributed by atoms with van der Waals surface area (Å²) in [5, 5.41) is 28.0. The molecule has 322 valence electrons. The standard InChI is InChI=1S/C50H60N4O7/c1-35-19-20-39(31-45(35)60-30-14-6-4-2-3-5-13-27-51-32-43(56)40-21-23-42(55)49-41(40)22-24-47(58)52-49)48(38-17-11-8-12-18-38)53-50(59)61-46-34-54(28-25-37(46)26-29-54)33-44(57)36-15-9-7-10-16-36/h7-12,15-24,31,37,43,46,48,51,56H,2-6,13-14,25-30,32-34H2,1H3,(H2-,52,53,55,58,59)/p+1/t37?,43?,46-,48?,54?/m0/s1. The van der Waals surface area contributed by atoms with Crippen LogP contribution in [0.4, 0.5) is 4.79 Å². The Labute approximate surface area is 358 Å². The average molecular weight is 830 g/mol. The number of amides is 1. The van der Waals surface area contributed by atoms with Crippen LogP contribution in [0.3, 0.4) is 0 Å². The molecule has 3 fully saturated rings. The van der Waals surface area contributed by atoms with Gasteiger partial charge in [-0.1, -0.05) is 111 Å². The summed E-state index contributed by atoms with van der Waals surface area (Å²) in [4.78, 5) is 41.2. The SMILES string of the molecule is Cc1ccc(C(NC(=O)O[C@H]2C[N+]3(CC(=O)c4ccccc4)CCC2CC3)c2ccccc2)cc1OCCCCCCCCCNCC(O)c1ccc(O)c2[nH]c(=O)ccc12. The number of quaternary nitrogens is 1. The van der Waals surface area contributed by atoms with Crippen LogP contribution < -0.4 is 20.9 Å². The van der Waals surface area contributed by atoms with Crippen LogP contribution in [0.2, 0.25) is 0 Å². The maximum atomic E-state index is 13.7. The van der Waals surface area contributed by atoms with Crippen LogP contribution in [0.15, 0.2) is 108 Å². The number of carbonyl (C=O) groups is 2. The first kappa shape index (κ1) is 43.6. The first-order valence-electron chi connectivity index (χ1n) is 22.1. The second kappa shape index (κ2) is 20.9. The topological polar surface area (TPSA) is 150 Å². The summed E-state index contributed by atoms with van der Waals surface area (Å²) in [7, 11) is 0. The number of aliphatic hydroxyl groups excluding tert-OH is 1. The van der Waals surface area contributed by atoms with Gasteiger partial charge in [-0.05, 0) is 66.8 Å². The monoisotopic (exact) mass is 829 g/mol. The van der Waals surface area contributed by atoms with Gasteiger partial charge in [-0.2, -0.15) is 0 Å². The largest absolute Gasteiger partial charge is 0.506 e. The molecule has 8 rings (SSSR count). The zero-order valence-electron chi connectivity index (χ0n) is 35.3. The van der Waals surface area contributed by atoms with E-state index in [-0.39, 0.29) is 23.2 Å². The smallest absolute Gasteiger partial charge is 0.408 e. The highest BCUT2D eigenvalue weighted by Gasteiger charge is 2.48. The number of ether oxygens (including phenoxy) is 2. The second-order valence-electron chi connectivity index (χ2n) is 17.0. The lowest BCUT2D eigenvalue weighted by Crippen LogP contribution is -2.66. The van der Waals surface area contributed by atoms with Gasteiger partial charge in [0.15, 0.2) is 6.10 Å². The first-order valence-corrected chi connectivity index (χ1v) is 22.1. The number of unbranched alkanes of at least 4 members (excludes halogenated alkanes) is 6. The number of H-pyrrole nitrogens is 1. The number of nitrogens with zero attached hydrogens (tertiary/aromatic N) is 1. The third kappa shape index (κ3) is 11.5. The van der Waals surface area contributed by atoms with Crippen molar-refractivity contribution in [3.05, 3.63) is 141 Å². The number of pyridine rings is 1. The van der Waals surface area contributed by atoms with Gasteiger partial charge in [-0.25, -0.2) is 4.79 Å². The van der Waals surface area contributed by atoms with E-state index >= 15 is 0 Å². The van der Waals surface area contributed by atoms with Crippen LogP contribution in [0.5, 0.6) is 11.5 Å². The number of rotatable bonds is 21. The van der Waals surface area contributed by atoms with Crippen LogP contribution in [0.1, 0.15) is 103 Å². The Morgan fingerprint density at radius 1 is 0.836 bits per heavy atom. The van der Waals surface area contributed by atoms with Crippen molar-refractivity contribution in [2.75, 3.05) is 45.9 Å². The number of alkyl carbamates (subject to hydrolysis) is 1. The summed E-state index contributed by atoms with van der Waals surface area (Å²) in [5.41, 5.74) is 4.36. The Balaban J connectivity index is 0.827. The number of benzene rings is 4. The number of aromatic amines is 1. The van der Waals surface area contributed by atoms with E-state index in [1.807, 2.05) is 85.8 Å². The number of piperidine rings is 3. The summed E-state index contributed by atoms with van der Waals surface area (Å²) in [6, 6.07) is 31.4. The molecule has 11 nitrogen and oxygen atoms in total. The van der Waals surface area contributed by atoms with Gasteiger partial charge in [0.05, 0.1) is 37.4 Å². The number of aliphatic hydroxyl groups is 1. The Morgan fingerprint density at radius 2 is 1.54 bits per heavy atom. The lowest BCUT2D eigenvalue weighted by atomic mass is 9.83. The molecule has 4 aromatic carbocycles. The van der Waals surface area contributed by atoms with Crippen LogP contribution in [-0.4, -0.2) is 83.5 Å². The molecule has 3 saturated heterocycles. The fourth-order valence-electron chi connectivity index (χ4n) is 9.16. The summed E-state index contributed by atoms with van der Waals surface area (Å²) in [6.45, 7) is 6.81. The minimum atomic E-state index is -0.756. The molecule has 2 unspecified atom stereocenters. The van der Waals surface area contributed by atoms with Gasteiger partial charge >= 0.3 is 6.09 Å². The van der Waals surface area contributed by atoms with Gasteiger partial charge in [0.1, 0.15) is 24.6 Å². The van der Waals surface area contributed by atoms with Crippen molar-refractivity contribution in [3.63, 3.8) is 0 Å². The molecule has 3 aliphatic heterocycles. The third-order valence-corrected chi connectivity index (χ3v) is 12.7. The Morgan fingerprint density at radius 3 is 2.30 bits per heavy atom. The van der Waals surface area contributed by atoms with Crippen molar-refractivity contribution < 1.29 is 33.8 Å². The number of hydrogen-bond donors (Lipinski definition) is 5. The zero-order chi connectivity index (χ0) is 42.6. The highest BCUT2D eigenvalue weighted by molar-refractivity contribution is 5.97. The maximum absolute atomic E-state index is 13.7. The molecule has 3 atom stereocenters. The van der Waals surface area contributed by atoms with E-state index < -0.39 is 18.2 Å². The van der Waals surface area contributed by atoms with Crippen molar-refractivity contribution in [3.8, 4) is 11.5 Å². The molecule has 4 heterocycles. The minimum Gasteiger partial charge on any atom is -0.506 e. The molecule has 5 N–H and O–H groups in total. The van der Waals surface area contributed by atoms with Crippen molar-refractivity contribution in [2.24, 2.45) is 5.92 Å². The van der Waals surface area contributed by atoms with Crippen molar-refractivity contribution in [1.29, 1.82) is 0 Å². The van der Waals surface area contributed by atoms with Gasteiger partial charge in [-0.15, -0.1) is 0 Å². The van der Waals surface area contributed by atoms with E-state index in [0.29, 0.717) is 53.1 Å². The summed E-state index contributed by atoms with van der Waals surface area (Å²) < 4.78 is 13.2. The molecule has 11 heteroatoms. The molecule has 1 aromatic heterocycles. The number of fused-ring (bicyclic) bond motifs is 4. The van der Waals surface area contributed by atoms with E-state index in [9.17, 15) is 24.6 Å². The van der Waals surface area contributed by atoms with Gasteiger partial charge in [-0.3, -0.25) is 9.59 Å². The molecule has 5 aromatic rings. The number of aromatic nitrogens is 1. The predicted octanol–water partition coefficient (Wildman–Crippen LogP) is 8.28. The Bertz CT molecular complexity index is 2270. The molecular formula is C50H61N4O7+. The number of hydrogen-bond acceptors (Lipinski definition) is 8. The van der Waals surface area contributed by atoms with E-state index in [1.54, 1.807) is 12.1 Å². The molecular weight excluding hydrogens is 769 g/mol. The van der Waals surface area contributed by atoms with Crippen molar-refractivity contribution in [2.45, 2.75) is 83.0 Å². The molecule has 0 spiro atoms. The van der Waals surface area contributed by atoms with Crippen LogP contribution >= 0.6 is 0 Å². The zero-order valence-corrected chi connectivity index (χ0v) is 35.3. The maximum Gasteiger partial charge on any atom is 0.408 e. The second-order valence-corrected chi connectivity index (χ2v) is 17.0. The third-order valence-electron chi connectivity index (χ3n) is 12.7. The quantitative estimate of drug-likeness (QED) is 0.0282. The molecule has 61 heavy (non-hydrogen) atoms. The van der Waals surface area contributed by atoms with Crippen LogP contribution in [0.25, 0.3) is 10.9 Å². The van der Waals surface area contributed by atoms with Gasteiger partial charge in [0.25, 0.3) is 0 Å². The lowest BCUT2D eigenvalue weighted by molar-refractivity contribution is -0.938. The average Bonchev–Trinajstić information content (AvgIpc) is 3.27. The minimum absolute atomic E-state index is 0.0155. The number of nitrogens with one attached hydrogen (secondary N) is 3. The number of carbonyl (C=O) groups excluding carboxylic acids is 2. The molecule has 0 radical (unpaired) electrons. The Hall–Kier alpha value is -5.49. The normalized spacial score (nSPS) is 19.3. The van der Waals surface area contributed by atoms with E-state index in [4.69, 9.17) is 9.47 Å². The summed E-state index contributed by atoms with van der Waals surface area (Å²) >= 11 is 0. The van der Waals surface area contributed by atoms with E-state index in [2.05, 4.69) is 15.6 Å². The van der Waals surface area contributed by atoms with E-state index in [1.165, 1.54) is 12.1 Å². The molecule has 1 amide bonds. The van der Waals surface area contributed by atoms with Gasteiger partial charge in [0.2, 0.25) is 11.3 Å². The van der Waals surface area contributed by atoms with Crippen LogP contribution in [0, 0.1) is 12.8 Å². The van der Waals surface area contributed by atoms with Crippen LogP contribution in [-0.2, 0) is 4.74 Å². The Kier molecular flexibility index (Phi) is 14.9. The van der Waals surface area contributed by atoms with Gasteiger partial charge < -0.3 is 39.8 Å². The summed E-state index contributed by atoms with van der Waals surface area (Å²) in [6.07, 6.45) is 8.05. The van der Waals surface area contributed by atoms with Crippen molar-refractivity contribution >= 4 is 22.8 Å².